The van der Waals surface area contributed by atoms with E-state index in [9.17, 15) is 0 Å². The predicted octanol–water partition coefficient (Wildman–Crippen LogP) is 2.13. The van der Waals surface area contributed by atoms with E-state index in [0.29, 0.717) is 6.04 Å². The van der Waals surface area contributed by atoms with Crippen LogP contribution in [0.5, 0.6) is 0 Å². The Hall–Kier alpha value is -0.900. The van der Waals surface area contributed by atoms with Crippen molar-refractivity contribution >= 4 is 0 Å². The van der Waals surface area contributed by atoms with Crippen LogP contribution in [0.1, 0.15) is 44.9 Å². The molecule has 0 aliphatic heterocycles. The van der Waals surface area contributed by atoms with Crippen LogP contribution in [0.4, 0.5) is 0 Å². The van der Waals surface area contributed by atoms with Crippen LogP contribution in [0.2, 0.25) is 0 Å². The van der Waals surface area contributed by atoms with Gasteiger partial charge in [-0.25, -0.2) is 0 Å². The topological polar surface area (TPSA) is 51.0 Å². The third-order valence-electron chi connectivity index (χ3n) is 3.32. The summed E-state index contributed by atoms with van der Waals surface area (Å²) in [6, 6.07) is 0.641. The second kappa shape index (κ2) is 5.26. The fourth-order valence-electron chi connectivity index (χ4n) is 2.35. The van der Waals surface area contributed by atoms with Crippen LogP contribution in [-0.4, -0.2) is 16.2 Å². The zero-order chi connectivity index (χ0) is 10.5. The molecule has 1 heterocycles. The van der Waals surface area contributed by atoms with Crippen LogP contribution in [0.25, 0.3) is 0 Å². The molecular weight excluding hydrogens is 190 g/mol. The largest absolute Gasteiger partial charge is 0.343 e. The number of nitrogens with one attached hydrogen (secondary N) is 1. The first kappa shape index (κ1) is 10.6. The summed E-state index contributed by atoms with van der Waals surface area (Å²) in [6.07, 6.45) is 8.02. The van der Waals surface area contributed by atoms with E-state index in [1.165, 1.54) is 38.5 Å². The summed E-state index contributed by atoms with van der Waals surface area (Å²) < 4.78 is 4.70. The molecule has 4 nitrogen and oxygen atoms in total. The Balaban J connectivity index is 1.74. The highest BCUT2D eigenvalue weighted by Crippen LogP contribution is 2.26. The molecule has 1 aliphatic carbocycles. The lowest BCUT2D eigenvalue weighted by molar-refractivity contribution is 0.276. The van der Waals surface area contributed by atoms with Gasteiger partial charge in [0.15, 0.2) is 5.82 Å². The highest BCUT2D eigenvalue weighted by Gasteiger charge is 2.20. The van der Waals surface area contributed by atoms with Crippen molar-refractivity contribution in [3.05, 3.63) is 12.2 Å². The Morgan fingerprint density at radius 1 is 1.53 bits per heavy atom. The highest BCUT2D eigenvalue weighted by atomic mass is 16.5. The third-order valence-corrected chi connectivity index (χ3v) is 3.32. The summed E-state index contributed by atoms with van der Waals surface area (Å²) in [7, 11) is 0. The molecule has 15 heavy (non-hydrogen) atoms. The molecule has 1 aromatic rings. The average molecular weight is 209 g/mol. The maximum Gasteiger partial charge on any atom is 0.213 e. The first-order chi connectivity index (χ1) is 7.38. The Morgan fingerprint density at radius 3 is 3.20 bits per heavy atom. The summed E-state index contributed by atoms with van der Waals surface area (Å²) in [4.78, 5) is 4.00. The van der Waals surface area contributed by atoms with Crippen molar-refractivity contribution < 1.29 is 4.52 Å². The first-order valence-electron chi connectivity index (χ1n) is 5.87. The molecule has 4 heteroatoms. The summed E-state index contributed by atoms with van der Waals surface area (Å²) in [6.45, 7) is 3.02. The third kappa shape index (κ3) is 3.02. The normalized spacial score (nSPS) is 26.7. The summed E-state index contributed by atoms with van der Waals surface area (Å²) in [5.41, 5.74) is 0. The highest BCUT2D eigenvalue weighted by molar-refractivity contribution is 4.82. The Labute approximate surface area is 90.4 Å². The Morgan fingerprint density at radius 2 is 2.47 bits per heavy atom. The van der Waals surface area contributed by atoms with Crippen LogP contribution < -0.4 is 5.32 Å². The summed E-state index contributed by atoms with van der Waals surface area (Å²) in [5.74, 6) is 1.66. The van der Waals surface area contributed by atoms with Crippen molar-refractivity contribution in [2.75, 3.05) is 0 Å². The Bertz CT molecular complexity index is 273. The van der Waals surface area contributed by atoms with Gasteiger partial charge in [-0.3, -0.25) is 0 Å². The van der Waals surface area contributed by atoms with Gasteiger partial charge >= 0.3 is 0 Å². The maximum atomic E-state index is 4.70. The fourth-order valence-corrected chi connectivity index (χ4v) is 2.35. The monoisotopic (exact) mass is 209 g/mol. The standard InChI is InChI=1S/C11H19N3O/c1-2-9-4-3-5-10(6-9)12-7-11-13-8-15-14-11/h8-10,12H,2-7H2,1H3. The minimum absolute atomic E-state index is 0.641. The fraction of sp³-hybridized carbons (Fsp3) is 0.818. The quantitative estimate of drug-likeness (QED) is 0.825. The van der Waals surface area contributed by atoms with E-state index in [2.05, 4.69) is 22.4 Å². The van der Waals surface area contributed by atoms with Gasteiger partial charge in [0.25, 0.3) is 0 Å². The zero-order valence-corrected chi connectivity index (χ0v) is 9.28. The lowest BCUT2D eigenvalue weighted by Crippen LogP contribution is -2.33. The van der Waals surface area contributed by atoms with E-state index in [1.54, 1.807) is 0 Å². The molecule has 1 aliphatic rings. The SMILES string of the molecule is CCC1CCCC(NCc2ncon2)C1. The number of nitrogens with zero attached hydrogens (tertiary/aromatic N) is 2. The minimum atomic E-state index is 0.641. The van der Waals surface area contributed by atoms with Gasteiger partial charge in [-0.2, -0.15) is 4.98 Å². The molecule has 1 fully saturated rings. The van der Waals surface area contributed by atoms with Crippen LogP contribution in [0.15, 0.2) is 10.9 Å². The minimum Gasteiger partial charge on any atom is -0.343 e. The average Bonchev–Trinajstić information content (AvgIpc) is 2.79. The lowest BCUT2D eigenvalue weighted by Gasteiger charge is -2.28. The molecule has 0 spiro atoms. The van der Waals surface area contributed by atoms with Gasteiger partial charge in [0, 0.05) is 6.04 Å². The molecule has 2 rings (SSSR count). The van der Waals surface area contributed by atoms with Gasteiger partial charge in [0.1, 0.15) is 0 Å². The molecule has 2 unspecified atom stereocenters. The van der Waals surface area contributed by atoms with Gasteiger partial charge in [0.2, 0.25) is 6.39 Å². The maximum absolute atomic E-state index is 4.70. The van der Waals surface area contributed by atoms with E-state index in [4.69, 9.17) is 4.52 Å². The van der Waals surface area contributed by atoms with Gasteiger partial charge in [-0.05, 0) is 18.8 Å². The van der Waals surface area contributed by atoms with E-state index < -0.39 is 0 Å². The van der Waals surface area contributed by atoms with Crippen LogP contribution in [-0.2, 0) is 6.54 Å². The molecule has 84 valence electrons. The van der Waals surface area contributed by atoms with Gasteiger partial charge in [0.05, 0.1) is 6.54 Å². The molecule has 0 aromatic carbocycles. The van der Waals surface area contributed by atoms with Crippen molar-refractivity contribution in [1.82, 2.24) is 15.5 Å². The Kier molecular flexibility index (Phi) is 3.72. The van der Waals surface area contributed by atoms with Gasteiger partial charge in [-0.1, -0.05) is 31.3 Å². The van der Waals surface area contributed by atoms with Gasteiger partial charge < -0.3 is 9.84 Å². The van der Waals surface area contributed by atoms with Crippen molar-refractivity contribution in [1.29, 1.82) is 0 Å². The number of aromatic nitrogens is 2. The molecule has 0 bridgehead atoms. The second-order valence-corrected chi connectivity index (χ2v) is 4.37. The van der Waals surface area contributed by atoms with Crippen LogP contribution in [0, 0.1) is 5.92 Å². The summed E-state index contributed by atoms with van der Waals surface area (Å²) >= 11 is 0. The molecule has 0 saturated heterocycles. The van der Waals surface area contributed by atoms with E-state index >= 15 is 0 Å². The zero-order valence-electron chi connectivity index (χ0n) is 9.28. The second-order valence-electron chi connectivity index (χ2n) is 4.37. The van der Waals surface area contributed by atoms with E-state index in [1.807, 2.05) is 0 Å². The molecule has 1 N–H and O–H groups in total. The molecule has 0 radical (unpaired) electrons. The van der Waals surface area contributed by atoms with Crippen molar-refractivity contribution in [2.45, 2.75) is 51.6 Å². The van der Waals surface area contributed by atoms with E-state index in [-0.39, 0.29) is 0 Å². The molecular formula is C11H19N3O. The molecule has 1 saturated carbocycles. The number of rotatable bonds is 4. The van der Waals surface area contributed by atoms with Crippen molar-refractivity contribution in [3.8, 4) is 0 Å². The van der Waals surface area contributed by atoms with E-state index in [0.717, 1.165) is 18.3 Å². The predicted molar refractivity (Wildman–Crippen MR) is 57.2 cm³/mol. The molecule has 1 aromatic heterocycles. The van der Waals surface area contributed by atoms with Crippen molar-refractivity contribution in [3.63, 3.8) is 0 Å². The summed E-state index contributed by atoms with van der Waals surface area (Å²) in [5, 5.41) is 7.29. The molecule has 0 amide bonds. The van der Waals surface area contributed by atoms with Crippen LogP contribution in [0.3, 0.4) is 0 Å². The molecule has 2 atom stereocenters. The number of hydrogen-bond acceptors (Lipinski definition) is 4. The van der Waals surface area contributed by atoms with Crippen LogP contribution >= 0.6 is 0 Å². The number of hydrogen-bond donors (Lipinski definition) is 1. The lowest BCUT2D eigenvalue weighted by atomic mass is 9.84. The first-order valence-corrected chi connectivity index (χ1v) is 5.87. The van der Waals surface area contributed by atoms with Gasteiger partial charge in [-0.15, -0.1) is 0 Å². The van der Waals surface area contributed by atoms with Crippen molar-refractivity contribution in [2.24, 2.45) is 5.92 Å². The smallest absolute Gasteiger partial charge is 0.213 e.